The van der Waals surface area contributed by atoms with E-state index in [1.54, 1.807) is 0 Å². The van der Waals surface area contributed by atoms with Crippen molar-refractivity contribution in [2.24, 2.45) is 0 Å². The minimum absolute atomic E-state index is 0.488. The minimum atomic E-state index is 0.488. The van der Waals surface area contributed by atoms with Gasteiger partial charge in [0.05, 0.1) is 0 Å². The summed E-state index contributed by atoms with van der Waals surface area (Å²) in [7, 11) is 6.29. The van der Waals surface area contributed by atoms with Crippen LogP contribution in [0.3, 0.4) is 0 Å². The molecule has 6 heteroatoms. The summed E-state index contributed by atoms with van der Waals surface area (Å²) in [6, 6.07) is 0.488. The van der Waals surface area contributed by atoms with Gasteiger partial charge in [-0.05, 0) is 34.1 Å². The van der Waals surface area contributed by atoms with Crippen molar-refractivity contribution < 1.29 is 4.52 Å². The Morgan fingerprint density at radius 2 is 2.21 bits per heavy atom. The monoisotopic (exact) mass is 267 g/mol. The molecule has 1 fully saturated rings. The number of aromatic nitrogens is 2. The smallest absolute Gasteiger partial charge is 0.226 e. The highest BCUT2D eigenvalue weighted by Gasteiger charge is 2.24. The minimum Gasteiger partial charge on any atom is -0.339 e. The second-order valence-electron chi connectivity index (χ2n) is 5.41. The van der Waals surface area contributed by atoms with Gasteiger partial charge in [0.25, 0.3) is 0 Å². The fourth-order valence-electron chi connectivity index (χ4n) is 2.42. The maximum Gasteiger partial charge on any atom is 0.226 e. The molecule has 1 aromatic heterocycles. The van der Waals surface area contributed by atoms with Crippen LogP contribution in [-0.4, -0.2) is 73.3 Å². The summed E-state index contributed by atoms with van der Waals surface area (Å²) in [5, 5.41) is 7.22. The lowest BCUT2D eigenvalue weighted by Gasteiger charge is -2.37. The molecule has 0 spiro atoms. The van der Waals surface area contributed by atoms with Crippen LogP contribution in [0.5, 0.6) is 0 Å². The maximum absolute atomic E-state index is 5.29. The highest BCUT2D eigenvalue weighted by molar-refractivity contribution is 4.93. The fraction of sp³-hybridized carbons (Fsp3) is 0.846. The Kier molecular flexibility index (Phi) is 5.30. The molecule has 1 unspecified atom stereocenters. The van der Waals surface area contributed by atoms with E-state index < -0.39 is 0 Å². The molecule has 0 aliphatic carbocycles. The van der Waals surface area contributed by atoms with E-state index in [1.165, 1.54) is 0 Å². The largest absolute Gasteiger partial charge is 0.339 e. The van der Waals surface area contributed by atoms with Crippen LogP contribution in [-0.2, 0) is 12.8 Å². The molecular formula is C13H25N5O. The maximum atomic E-state index is 5.29. The predicted octanol–water partition coefficient (Wildman–Crippen LogP) is 0.00990. The summed E-state index contributed by atoms with van der Waals surface area (Å²) in [4.78, 5) is 9.23. The Balaban J connectivity index is 1.84. The van der Waals surface area contributed by atoms with Crippen LogP contribution in [0.25, 0.3) is 0 Å². The van der Waals surface area contributed by atoms with Gasteiger partial charge in [-0.1, -0.05) is 5.16 Å². The molecule has 0 saturated carbocycles. The Bertz CT molecular complexity index is 381. The molecular weight excluding hydrogens is 242 g/mol. The third-order valence-electron chi connectivity index (χ3n) is 3.73. The van der Waals surface area contributed by atoms with Gasteiger partial charge in [0.15, 0.2) is 5.82 Å². The summed E-state index contributed by atoms with van der Waals surface area (Å²) < 4.78 is 5.29. The zero-order chi connectivity index (χ0) is 13.7. The molecule has 1 saturated heterocycles. The van der Waals surface area contributed by atoms with Crippen LogP contribution in [0, 0.1) is 0 Å². The van der Waals surface area contributed by atoms with Gasteiger partial charge in [0.1, 0.15) is 0 Å². The number of rotatable bonds is 6. The SMILES string of the molecule is CNCCCc1nc(CC2CN(C)CCN2C)no1. The second-order valence-corrected chi connectivity index (χ2v) is 5.41. The topological polar surface area (TPSA) is 57.4 Å². The molecule has 0 amide bonds. The summed E-state index contributed by atoms with van der Waals surface area (Å²) >= 11 is 0. The van der Waals surface area contributed by atoms with Gasteiger partial charge in [-0.3, -0.25) is 0 Å². The van der Waals surface area contributed by atoms with Crippen molar-refractivity contribution in [3.8, 4) is 0 Å². The van der Waals surface area contributed by atoms with Crippen LogP contribution >= 0.6 is 0 Å². The number of piperazine rings is 1. The van der Waals surface area contributed by atoms with Gasteiger partial charge in [0, 0.05) is 38.5 Å². The molecule has 108 valence electrons. The Morgan fingerprint density at radius 3 is 3.00 bits per heavy atom. The standard InChI is InChI=1S/C13H25N5O/c1-14-6-4-5-13-15-12(16-19-13)9-11-10-17(2)7-8-18(11)3/h11,14H,4-10H2,1-3H3. The number of aryl methyl sites for hydroxylation is 1. The first-order valence-corrected chi connectivity index (χ1v) is 7.04. The quantitative estimate of drug-likeness (QED) is 0.733. The number of nitrogens with one attached hydrogen (secondary N) is 1. The molecule has 1 atom stereocenters. The molecule has 0 radical (unpaired) electrons. The van der Waals surface area contributed by atoms with Crippen LogP contribution < -0.4 is 5.32 Å². The lowest BCUT2D eigenvalue weighted by atomic mass is 10.1. The van der Waals surface area contributed by atoms with E-state index in [0.29, 0.717) is 6.04 Å². The zero-order valence-electron chi connectivity index (χ0n) is 12.2. The van der Waals surface area contributed by atoms with Crippen molar-refractivity contribution in [1.29, 1.82) is 0 Å². The number of hydrogen-bond acceptors (Lipinski definition) is 6. The molecule has 0 aromatic carbocycles. The van der Waals surface area contributed by atoms with Crippen LogP contribution in [0.2, 0.25) is 0 Å². The summed E-state index contributed by atoms with van der Waals surface area (Å²) in [6.07, 6.45) is 2.76. The van der Waals surface area contributed by atoms with Crippen molar-refractivity contribution in [3.63, 3.8) is 0 Å². The van der Waals surface area contributed by atoms with E-state index in [2.05, 4.69) is 39.4 Å². The second kappa shape index (κ2) is 6.98. The zero-order valence-corrected chi connectivity index (χ0v) is 12.2. The molecule has 6 nitrogen and oxygen atoms in total. The summed E-state index contributed by atoms with van der Waals surface area (Å²) in [5.74, 6) is 1.60. The first kappa shape index (κ1) is 14.4. The van der Waals surface area contributed by atoms with Crippen molar-refractivity contribution in [3.05, 3.63) is 11.7 Å². The van der Waals surface area contributed by atoms with Crippen LogP contribution in [0.15, 0.2) is 4.52 Å². The van der Waals surface area contributed by atoms with E-state index in [0.717, 1.165) is 57.2 Å². The van der Waals surface area contributed by atoms with E-state index in [1.807, 2.05) is 7.05 Å². The van der Waals surface area contributed by atoms with Crippen molar-refractivity contribution >= 4 is 0 Å². The van der Waals surface area contributed by atoms with Gasteiger partial charge in [-0.2, -0.15) is 4.98 Å². The van der Waals surface area contributed by atoms with Gasteiger partial charge >= 0.3 is 0 Å². The Hall–Kier alpha value is -0.980. The first-order chi connectivity index (χ1) is 9.19. The van der Waals surface area contributed by atoms with E-state index in [-0.39, 0.29) is 0 Å². The van der Waals surface area contributed by atoms with E-state index in [4.69, 9.17) is 4.52 Å². The summed E-state index contributed by atoms with van der Waals surface area (Å²) in [5.41, 5.74) is 0. The average Bonchev–Trinajstić information content (AvgIpc) is 2.82. The number of hydrogen-bond donors (Lipinski definition) is 1. The van der Waals surface area contributed by atoms with E-state index >= 15 is 0 Å². The Morgan fingerprint density at radius 1 is 1.37 bits per heavy atom. The molecule has 2 rings (SSSR count). The summed E-state index contributed by atoms with van der Waals surface area (Å²) in [6.45, 7) is 4.29. The van der Waals surface area contributed by atoms with Gasteiger partial charge in [-0.15, -0.1) is 0 Å². The third kappa shape index (κ3) is 4.26. The lowest BCUT2D eigenvalue weighted by molar-refractivity contribution is 0.113. The molecule has 1 aliphatic rings. The lowest BCUT2D eigenvalue weighted by Crippen LogP contribution is -2.50. The fourth-order valence-corrected chi connectivity index (χ4v) is 2.42. The number of nitrogens with zero attached hydrogens (tertiary/aromatic N) is 4. The van der Waals surface area contributed by atoms with E-state index in [9.17, 15) is 0 Å². The van der Waals surface area contributed by atoms with Crippen molar-refractivity contribution in [1.82, 2.24) is 25.3 Å². The van der Waals surface area contributed by atoms with Crippen LogP contribution in [0.1, 0.15) is 18.1 Å². The molecule has 1 N–H and O–H groups in total. The van der Waals surface area contributed by atoms with Gasteiger partial charge in [-0.25, -0.2) is 0 Å². The molecule has 2 heterocycles. The number of likely N-dealkylation sites (N-methyl/N-ethyl adjacent to an activating group) is 2. The van der Waals surface area contributed by atoms with Crippen molar-refractivity contribution in [2.75, 3.05) is 47.3 Å². The van der Waals surface area contributed by atoms with Crippen molar-refractivity contribution in [2.45, 2.75) is 25.3 Å². The van der Waals surface area contributed by atoms with Crippen LogP contribution in [0.4, 0.5) is 0 Å². The Labute approximate surface area is 115 Å². The highest BCUT2D eigenvalue weighted by Crippen LogP contribution is 2.11. The normalized spacial score (nSPS) is 21.9. The predicted molar refractivity (Wildman–Crippen MR) is 74.2 cm³/mol. The first-order valence-electron chi connectivity index (χ1n) is 7.04. The third-order valence-corrected chi connectivity index (χ3v) is 3.73. The van der Waals surface area contributed by atoms with Gasteiger partial charge < -0.3 is 19.6 Å². The molecule has 0 bridgehead atoms. The average molecular weight is 267 g/mol. The molecule has 1 aromatic rings. The molecule has 19 heavy (non-hydrogen) atoms. The molecule has 1 aliphatic heterocycles. The van der Waals surface area contributed by atoms with Gasteiger partial charge in [0.2, 0.25) is 5.89 Å². The highest BCUT2D eigenvalue weighted by atomic mass is 16.5.